The van der Waals surface area contributed by atoms with E-state index in [9.17, 15) is 13.6 Å². The van der Waals surface area contributed by atoms with Crippen molar-refractivity contribution in [3.8, 4) is 6.07 Å². The molecule has 1 amide bonds. The minimum Gasteiger partial charge on any atom is -0.341 e. The summed E-state index contributed by atoms with van der Waals surface area (Å²) >= 11 is 0. The van der Waals surface area contributed by atoms with Crippen LogP contribution in [0.5, 0.6) is 0 Å². The lowest BCUT2D eigenvalue weighted by Crippen LogP contribution is -2.26. The second-order valence-electron chi connectivity index (χ2n) is 5.29. The number of carbonyl (C=O) groups is 1. The summed E-state index contributed by atoms with van der Waals surface area (Å²) in [6, 6.07) is 12.4. The third-order valence-corrected chi connectivity index (χ3v) is 3.56. The predicted molar refractivity (Wildman–Crippen MR) is 82.3 cm³/mol. The number of benzene rings is 2. The lowest BCUT2D eigenvalue weighted by atomic mass is 10.1. The molecule has 2 aromatic carbocycles. The van der Waals surface area contributed by atoms with Crippen molar-refractivity contribution < 1.29 is 13.6 Å². The second kappa shape index (κ2) is 7.50. The van der Waals surface area contributed by atoms with Gasteiger partial charge < -0.3 is 4.90 Å². The first-order valence-corrected chi connectivity index (χ1v) is 7.16. The third-order valence-electron chi connectivity index (χ3n) is 3.56. The SMILES string of the molecule is CN(Cc1ccc(F)cc1F)C(=O)CCc1ccc(C#N)cc1. The highest BCUT2D eigenvalue weighted by Crippen LogP contribution is 2.13. The van der Waals surface area contributed by atoms with Gasteiger partial charge in [-0.25, -0.2) is 8.78 Å². The van der Waals surface area contributed by atoms with E-state index < -0.39 is 11.6 Å². The lowest BCUT2D eigenvalue weighted by Gasteiger charge is -2.17. The Balaban J connectivity index is 1.90. The molecule has 0 aliphatic rings. The molecule has 0 fully saturated rings. The average molecular weight is 314 g/mol. The largest absolute Gasteiger partial charge is 0.341 e. The summed E-state index contributed by atoms with van der Waals surface area (Å²) in [5.41, 5.74) is 1.81. The zero-order chi connectivity index (χ0) is 16.8. The molecule has 23 heavy (non-hydrogen) atoms. The van der Waals surface area contributed by atoms with Crippen LogP contribution in [0.3, 0.4) is 0 Å². The van der Waals surface area contributed by atoms with Crippen molar-refractivity contribution in [1.29, 1.82) is 5.26 Å². The van der Waals surface area contributed by atoms with E-state index in [4.69, 9.17) is 5.26 Å². The minimum atomic E-state index is -0.656. The van der Waals surface area contributed by atoms with Crippen molar-refractivity contribution in [2.24, 2.45) is 0 Å². The van der Waals surface area contributed by atoms with Gasteiger partial charge in [0.05, 0.1) is 11.6 Å². The first-order valence-electron chi connectivity index (χ1n) is 7.16. The van der Waals surface area contributed by atoms with E-state index in [1.165, 1.54) is 17.0 Å². The monoisotopic (exact) mass is 314 g/mol. The molecule has 0 atom stereocenters. The summed E-state index contributed by atoms with van der Waals surface area (Å²) in [6.07, 6.45) is 0.825. The predicted octanol–water partition coefficient (Wildman–Crippen LogP) is 3.43. The number of rotatable bonds is 5. The second-order valence-corrected chi connectivity index (χ2v) is 5.29. The Morgan fingerprint density at radius 2 is 1.87 bits per heavy atom. The van der Waals surface area contributed by atoms with Gasteiger partial charge in [-0.3, -0.25) is 4.79 Å². The van der Waals surface area contributed by atoms with Gasteiger partial charge >= 0.3 is 0 Å². The van der Waals surface area contributed by atoms with Crippen LogP contribution < -0.4 is 0 Å². The van der Waals surface area contributed by atoms with Gasteiger partial charge in [0.1, 0.15) is 11.6 Å². The first kappa shape index (κ1) is 16.6. The molecule has 0 aliphatic carbocycles. The highest BCUT2D eigenvalue weighted by atomic mass is 19.1. The Morgan fingerprint density at radius 3 is 2.48 bits per heavy atom. The summed E-state index contributed by atoms with van der Waals surface area (Å²) in [7, 11) is 1.59. The van der Waals surface area contributed by atoms with E-state index >= 15 is 0 Å². The van der Waals surface area contributed by atoms with Crippen molar-refractivity contribution in [3.63, 3.8) is 0 Å². The van der Waals surface area contributed by atoms with Crippen LogP contribution >= 0.6 is 0 Å². The van der Waals surface area contributed by atoms with Gasteiger partial charge in [0, 0.05) is 31.6 Å². The van der Waals surface area contributed by atoms with Gasteiger partial charge in [-0.2, -0.15) is 5.26 Å². The van der Waals surface area contributed by atoms with E-state index in [0.29, 0.717) is 12.0 Å². The van der Waals surface area contributed by atoms with Crippen molar-refractivity contribution in [2.75, 3.05) is 7.05 Å². The number of aryl methyl sites for hydroxylation is 1. The number of hydrogen-bond donors (Lipinski definition) is 0. The molecule has 0 aromatic heterocycles. The first-order chi connectivity index (χ1) is 11.0. The van der Waals surface area contributed by atoms with Crippen LogP contribution in [0.2, 0.25) is 0 Å². The van der Waals surface area contributed by atoms with Gasteiger partial charge in [-0.05, 0) is 30.2 Å². The van der Waals surface area contributed by atoms with Crippen LogP contribution in [-0.4, -0.2) is 17.9 Å². The molecule has 2 aromatic rings. The van der Waals surface area contributed by atoms with Gasteiger partial charge in [0.25, 0.3) is 0 Å². The van der Waals surface area contributed by atoms with E-state index in [0.717, 1.165) is 11.6 Å². The Kier molecular flexibility index (Phi) is 5.42. The highest BCUT2D eigenvalue weighted by molar-refractivity contribution is 5.76. The maximum atomic E-state index is 13.6. The zero-order valence-corrected chi connectivity index (χ0v) is 12.7. The summed E-state index contributed by atoms with van der Waals surface area (Å²) in [4.78, 5) is 13.5. The normalized spacial score (nSPS) is 10.2. The van der Waals surface area contributed by atoms with Crippen molar-refractivity contribution in [3.05, 3.63) is 70.8 Å². The van der Waals surface area contributed by atoms with Gasteiger partial charge in [-0.1, -0.05) is 18.2 Å². The fourth-order valence-electron chi connectivity index (χ4n) is 2.18. The van der Waals surface area contributed by atoms with Crippen LogP contribution in [0.4, 0.5) is 8.78 Å². The minimum absolute atomic E-state index is 0.0956. The number of nitriles is 1. The summed E-state index contributed by atoms with van der Waals surface area (Å²) in [5, 5.41) is 8.73. The Bertz CT molecular complexity index is 736. The Labute approximate surface area is 133 Å². The molecule has 118 valence electrons. The number of hydrogen-bond acceptors (Lipinski definition) is 2. The number of amides is 1. The summed E-state index contributed by atoms with van der Waals surface area (Å²) < 4.78 is 26.5. The highest BCUT2D eigenvalue weighted by Gasteiger charge is 2.12. The number of nitrogens with zero attached hydrogens (tertiary/aromatic N) is 2. The van der Waals surface area contributed by atoms with E-state index in [2.05, 4.69) is 0 Å². The van der Waals surface area contributed by atoms with Gasteiger partial charge in [0.15, 0.2) is 0 Å². The number of carbonyl (C=O) groups excluding carboxylic acids is 1. The zero-order valence-electron chi connectivity index (χ0n) is 12.7. The Morgan fingerprint density at radius 1 is 1.17 bits per heavy atom. The molecular formula is C18H16F2N2O. The van der Waals surface area contributed by atoms with Crippen molar-refractivity contribution in [2.45, 2.75) is 19.4 Å². The van der Waals surface area contributed by atoms with Gasteiger partial charge in [-0.15, -0.1) is 0 Å². The lowest BCUT2D eigenvalue weighted by molar-refractivity contribution is -0.130. The molecule has 0 unspecified atom stereocenters. The maximum Gasteiger partial charge on any atom is 0.222 e. The molecule has 2 rings (SSSR count). The van der Waals surface area contributed by atoms with Gasteiger partial charge in [0.2, 0.25) is 5.91 Å². The molecule has 0 heterocycles. The maximum absolute atomic E-state index is 13.6. The smallest absolute Gasteiger partial charge is 0.222 e. The van der Waals surface area contributed by atoms with Crippen LogP contribution in [-0.2, 0) is 17.8 Å². The van der Waals surface area contributed by atoms with Crippen LogP contribution in [0.1, 0.15) is 23.1 Å². The Hall–Kier alpha value is -2.74. The van der Waals surface area contributed by atoms with Crippen LogP contribution in [0.25, 0.3) is 0 Å². The molecule has 0 bridgehead atoms. The quantitative estimate of drug-likeness (QED) is 0.848. The standard InChI is InChI=1S/C18H16F2N2O/c1-22(12-15-7-8-16(19)10-17(15)20)18(23)9-6-13-2-4-14(11-21)5-3-13/h2-5,7-8,10H,6,9,12H2,1H3. The van der Waals surface area contributed by atoms with E-state index in [1.54, 1.807) is 19.2 Å². The number of halogens is 2. The van der Waals surface area contributed by atoms with Crippen LogP contribution in [0, 0.1) is 23.0 Å². The molecule has 0 aliphatic heterocycles. The fourth-order valence-corrected chi connectivity index (χ4v) is 2.18. The molecule has 3 nitrogen and oxygen atoms in total. The molecule has 0 saturated carbocycles. The molecule has 0 radical (unpaired) electrons. The van der Waals surface area contributed by atoms with E-state index in [-0.39, 0.29) is 24.4 Å². The summed E-state index contributed by atoms with van der Waals surface area (Å²) in [6.45, 7) is 0.0956. The topological polar surface area (TPSA) is 44.1 Å². The molecule has 0 spiro atoms. The van der Waals surface area contributed by atoms with Crippen molar-refractivity contribution >= 4 is 5.91 Å². The molecular weight excluding hydrogens is 298 g/mol. The molecule has 5 heteroatoms. The molecule has 0 saturated heterocycles. The van der Waals surface area contributed by atoms with Crippen LogP contribution in [0.15, 0.2) is 42.5 Å². The third kappa shape index (κ3) is 4.62. The van der Waals surface area contributed by atoms with E-state index in [1.807, 2.05) is 18.2 Å². The average Bonchev–Trinajstić information content (AvgIpc) is 2.55. The molecule has 0 N–H and O–H groups in total. The summed E-state index contributed by atoms with van der Waals surface area (Å²) in [5.74, 6) is -1.42. The van der Waals surface area contributed by atoms with Crippen molar-refractivity contribution in [1.82, 2.24) is 4.90 Å². The fraction of sp³-hybridized carbons (Fsp3) is 0.222.